The van der Waals surface area contributed by atoms with E-state index in [1.54, 1.807) is 24.0 Å². The molecule has 0 aliphatic heterocycles. The Balaban J connectivity index is 2.40. The van der Waals surface area contributed by atoms with Gasteiger partial charge in [0.2, 0.25) is 0 Å². The summed E-state index contributed by atoms with van der Waals surface area (Å²) >= 11 is 7.26. The van der Waals surface area contributed by atoms with Crippen molar-refractivity contribution in [3.63, 3.8) is 0 Å². The van der Waals surface area contributed by atoms with Crippen molar-refractivity contribution in [2.45, 2.75) is 30.0 Å². The van der Waals surface area contributed by atoms with Gasteiger partial charge in [-0.05, 0) is 18.6 Å². The first-order valence-corrected chi connectivity index (χ1v) is 5.83. The number of carboxylic acids is 1. The number of pyridine rings is 1. The van der Waals surface area contributed by atoms with Crippen LogP contribution in [0.1, 0.15) is 19.8 Å². The standard InChI is InChI=1S/C10H12ClNO2S/c1-7(2-5-10(13)14)15-9-4-3-8(11)6-12-9/h3-4,6-7H,2,5H2,1H3,(H,13,14). The Morgan fingerprint density at radius 2 is 2.40 bits per heavy atom. The van der Waals surface area contributed by atoms with Crippen LogP contribution in [-0.4, -0.2) is 21.3 Å². The predicted octanol–water partition coefficient (Wildman–Crippen LogP) is 3.08. The van der Waals surface area contributed by atoms with Gasteiger partial charge < -0.3 is 5.11 Å². The fraction of sp³-hybridized carbons (Fsp3) is 0.400. The second-order valence-electron chi connectivity index (χ2n) is 3.18. The largest absolute Gasteiger partial charge is 0.481 e. The van der Waals surface area contributed by atoms with Crippen molar-refractivity contribution in [2.24, 2.45) is 0 Å². The molecule has 0 saturated heterocycles. The van der Waals surface area contributed by atoms with Crippen LogP contribution in [0.5, 0.6) is 0 Å². The molecule has 0 aliphatic carbocycles. The lowest BCUT2D eigenvalue weighted by Gasteiger charge is -2.08. The fourth-order valence-electron chi connectivity index (χ4n) is 1.02. The van der Waals surface area contributed by atoms with Gasteiger partial charge in [0.1, 0.15) is 0 Å². The van der Waals surface area contributed by atoms with Gasteiger partial charge in [0.15, 0.2) is 0 Å². The zero-order valence-electron chi connectivity index (χ0n) is 8.31. The maximum atomic E-state index is 10.4. The Hall–Kier alpha value is -0.740. The minimum Gasteiger partial charge on any atom is -0.481 e. The van der Waals surface area contributed by atoms with E-state index in [1.807, 2.05) is 13.0 Å². The number of thioether (sulfide) groups is 1. The molecule has 1 aromatic heterocycles. The van der Waals surface area contributed by atoms with E-state index in [0.29, 0.717) is 11.4 Å². The summed E-state index contributed by atoms with van der Waals surface area (Å²) in [6.07, 6.45) is 2.43. The summed E-state index contributed by atoms with van der Waals surface area (Å²) in [4.78, 5) is 14.5. The van der Waals surface area contributed by atoms with Gasteiger partial charge in [0.05, 0.1) is 10.0 Å². The van der Waals surface area contributed by atoms with E-state index in [-0.39, 0.29) is 11.7 Å². The first-order valence-electron chi connectivity index (χ1n) is 4.58. The Morgan fingerprint density at radius 3 is 2.93 bits per heavy atom. The summed E-state index contributed by atoms with van der Waals surface area (Å²) < 4.78 is 0. The highest BCUT2D eigenvalue weighted by Gasteiger charge is 2.07. The Labute approximate surface area is 97.9 Å². The first kappa shape index (κ1) is 12.3. The Bertz CT molecular complexity index is 329. The van der Waals surface area contributed by atoms with E-state index in [4.69, 9.17) is 16.7 Å². The van der Waals surface area contributed by atoms with Crippen molar-refractivity contribution < 1.29 is 9.90 Å². The van der Waals surface area contributed by atoms with Crippen molar-refractivity contribution in [1.29, 1.82) is 0 Å². The molecule has 1 atom stereocenters. The third-order valence-electron chi connectivity index (χ3n) is 1.79. The SMILES string of the molecule is CC(CCC(=O)O)Sc1ccc(Cl)cn1. The molecule has 0 saturated carbocycles. The maximum absolute atomic E-state index is 10.4. The van der Waals surface area contributed by atoms with Crippen LogP contribution in [0.4, 0.5) is 0 Å². The van der Waals surface area contributed by atoms with Gasteiger partial charge in [0.25, 0.3) is 0 Å². The van der Waals surface area contributed by atoms with E-state index in [0.717, 1.165) is 5.03 Å². The zero-order valence-corrected chi connectivity index (χ0v) is 9.88. The third kappa shape index (κ3) is 5.04. The molecule has 0 spiro atoms. The Kier molecular flexibility index (Phi) is 4.91. The van der Waals surface area contributed by atoms with E-state index in [2.05, 4.69) is 4.98 Å². The number of carbonyl (C=O) groups is 1. The number of aromatic nitrogens is 1. The number of nitrogens with zero attached hydrogens (tertiary/aromatic N) is 1. The molecule has 5 heteroatoms. The van der Waals surface area contributed by atoms with E-state index in [1.165, 1.54) is 0 Å². The quantitative estimate of drug-likeness (QED) is 0.810. The number of hydrogen-bond donors (Lipinski definition) is 1. The van der Waals surface area contributed by atoms with Crippen LogP contribution < -0.4 is 0 Å². The van der Waals surface area contributed by atoms with Crippen LogP contribution in [0.2, 0.25) is 5.02 Å². The molecule has 0 aromatic carbocycles. The summed E-state index contributed by atoms with van der Waals surface area (Å²) in [6, 6.07) is 3.62. The van der Waals surface area contributed by atoms with Crippen LogP contribution in [0.15, 0.2) is 23.4 Å². The van der Waals surface area contributed by atoms with Gasteiger partial charge in [-0.3, -0.25) is 4.79 Å². The molecule has 0 bridgehead atoms. The molecule has 1 heterocycles. The molecular weight excluding hydrogens is 234 g/mol. The van der Waals surface area contributed by atoms with E-state index >= 15 is 0 Å². The normalized spacial score (nSPS) is 12.4. The summed E-state index contributed by atoms with van der Waals surface area (Å²) in [7, 11) is 0. The highest BCUT2D eigenvalue weighted by Crippen LogP contribution is 2.24. The molecule has 0 fully saturated rings. The van der Waals surface area contributed by atoms with Crippen molar-refractivity contribution in [1.82, 2.24) is 4.98 Å². The van der Waals surface area contributed by atoms with Crippen LogP contribution in [0.25, 0.3) is 0 Å². The van der Waals surface area contributed by atoms with Crippen LogP contribution >= 0.6 is 23.4 Å². The van der Waals surface area contributed by atoms with Gasteiger partial charge in [-0.15, -0.1) is 11.8 Å². The maximum Gasteiger partial charge on any atom is 0.303 e. The fourth-order valence-corrected chi connectivity index (χ4v) is 2.04. The number of halogens is 1. The number of aliphatic carboxylic acids is 1. The predicted molar refractivity (Wildman–Crippen MR) is 61.4 cm³/mol. The molecule has 0 aliphatic rings. The van der Waals surface area contributed by atoms with Gasteiger partial charge in [-0.2, -0.15) is 0 Å². The van der Waals surface area contributed by atoms with E-state index in [9.17, 15) is 4.79 Å². The topological polar surface area (TPSA) is 50.2 Å². The second-order valence-corrected chi connectivity index (χ2v) is 5.07. The lowest BCUT2D eigenvalue weighted by atomic mass is 10.2. The average Bonchev–Trinajstić information content (AvgIpc) is 2.19. The molecule has 1 unspecified atom stereocenters. The molecule has 1 rings (SSSR count). The van der Waals surface area contributed by atoms with Crippen molar-refractivity contribution in [3.8, 4) is 0 Å². The van der Waals surface area contributed by atoms with Crippen LogP contribution in [0, 0.1) is 0 Å². The summed E-state index contributed by atoms with van der Waals surface area (Å²) in [6.45, 7) is 1.99. The number of rotatable bonds is 5. The minimum absolute atomic E-state index is 0.196. The second kappa shape index (κ2) is 5.98. The van der Waals surface area contributed by atoms with Gasteiger partial charge in [-0.25, -0.2) is 4.98 Å². The van der Waals surface area contributed by atoms with Crippen molar-refractivity contribution in [2.75, 3.05) is 0 Å². The molecule has 1 N–H and O–H groups in total. The van der Waals surface area contributed by atoms with Crippen molar-refractivity contribution in [3.05, 3.63) is 23.4 Å². The summed E-state index contributed by atoms with van der Waals surface area (Å²) in [5, 5.41) is 10.2. The molecule has 15 heavy (non-hydrogen) atoms. The average molecular weight is 246 g/mol. The highest BCUT2D eigenvalue weighted by atomic mass is 35.5. The van der Waals surface area contributed by atoms with Gasteiger partial charge in [0, 0.05) is 17.9 Å². The van der Waals surface area contributed by atoms with Crippen LogP contribution in [0.3, 0.4) is 0 Å². The molecule has 0 amide bonds. The lowest BCUT2D eigenvalue weighted by molar-refractivity contribution is -0.137. The highest BCUT2D eigenvalue weighted by molar-refractivity contribution is 7.99. The monoisotopic (exact) mass is 245 g/mol. The summed E-state index contributed by atoms with van der Waals surface area (Å²) in [5.41, 5.74) is 0. The number of hydrogen-bond acceptors (Lipinski definition) is 3. The lowest BCUT2D eigenvalue weighted by Crippen LogP contribution is -2.02. The van der Waals surface area contributed by atoms with Gasteiger partial charge >= 0.3 is 5.97 Å². The van der Waals surface area contributed by atoms with Crippen molar-refractivity contribution >= 4 is 29.3 Å². The Morgan fingerprint density at radius 1 is 1.67 bits per heavy atom. The molecule has 3 nitrogen and oxygen atoms in total. The molecule has 0 radical (unpaired) electrons. The minimum atomic E-state index is -0.758. The third-order valence-corrected chi connectivity index (χ3v) is 3.13. The first-order chi connectivity index (χ1) is 7.08. The number of carboxylic acid groups (broad SMARTS) is 1. The molecular formula is C10H12ClNO2S. The van der Waals surface area contributed by atoms with Gasteiger partial charge in [-0.1, -0.05) is 18.5 Å². The smallest absolute Gasteiger partial charge is 0.303 e. The molecule has 1 aromatic rings. The van der Waals surface area contributed by atoms with Crippen LogP contribution in [-0.2, 0) is 4.79 Å². The van der Waals surface area contributed by atoms with E-state index < -0.39 is 5.97 Å². The summed E-state index contributed by atoms with van der Waals surface area (Å²) in [5.74, 6) is -0.758. The zero-order chi connectivity index (χ0) is 11.3. The molecule has 82 valence electrons.